The molecule has 0 amide bonds. The molecule has 0 spiro atoms. The third-order valence-corrected chi connectivity index (χ3v) is 3.26. The number of fused-ring (bicyclic) bond motifs is 1. The van der Waals surface area contributed by atoms with Gasteiger partial charge in [-0.2, -0.15) is 0 Å². The summed E-state index contributed by atoms with van der Waals surface area (Å²) in [4.78, 5) is 0. The fourth-order valence-electron chi connectivity index (χ4n) is 1.89. The summed E-state index contributed by atoms with van der Waals surface area (Å²) in [5.74, 6) is 0.989. The highest BCUT2D eigenvalue weighted by Gasteiger charge is 2.12. The fourth-order valence-corrected chi connectivity index (χ4v) is 2.56. The van der Waals surface area contributed by atoms with E-state index < -0.39 is 0 Å². The summed E-state index contributed by atoms with van der Waals surface area (Å²) in [6.07, 6.45) is 0. The normalized spacial score (nSPS) is 13.2. The second kappa shape index (κ2) is 4.60. The van der Waals surface area contributed by atoms with E-state index in [1.807, 2.05) is 0 Å². The maximum Gasteiger partial charge on any atom is 0.148 e. The molecule has 2 nitrogen and oxygen atoms in total. The van der Waals surface area contributed by atoms with Gasteiger partial charge in [-0.05, 0) is 60.1 Å². The van der Waals surface area contributed by atoms with Gasteiger partial charge in [-0.1, -0.05) is 6.92 Å². The third kappa shape index (κ3) is 2.15. The largest absolute Gasteiger partial charge is 0.458 e. The molecule has 0 aliphatic carbocycles. The summed E-state index contributed by atoms with van der Waals surface area (Å²) < 4.78 is 6.88. The van der Waals surface area contributed by atoms with Crippen molar-refractivity contribution in [2.24, 2.45) is 0 Å². The predicted octanol–water partition coefficient (Wildman–Crippen LogP) is 4.17. The van der Waals surface area contributed by atoms with Gasteiger partial charge in [0.1, 0.15) is 11.3 Å². The van der Waals surface area contributed by atoms with Crippen LogP contribution in [0.15, 0.2) is 27.1 Å². The predicted molar refractivity (Wildman–Crippen MR) is 70.7 cm³/mol. The average Bonchev–Trinajstić information content (AvgIpc) is 2.62. The van der Waals surface area contributed by atoms with Crippen LogP contribution in [-0.2, 0) is 0 Å². The molecular weight excluding hydrogens is 266 g/mol. The summed E-state index contributed by atoms with van der Waals surface area (Å²) in [5.41, 5.74) is 2.17. The van der Waals surface area contributed by atoms with Crippen molar-refractivity contribution in [2.75, 3.05) is 6.54 Å². The summed E-state index contributed by atoms with van der Waals surface area (Å²) in [6, 6.07) is 6.59. The van der Waals surface area contributed by atoms with Gasteiger partial charge in [0.05, 0.1) is 10.5 Å². The van der Waals surface area contributed by atoms with Crippen LogP contribution in [0.2, 0.25) is 0 Å². The number of halogens is 1. The molecule has 0 radical (unpaired) electrons. The van der Waals surface area contributed by atoms with E-state index in [1.54, 1.807) is 0 Å². The number of furan rings is 1. The van der Waals surface area contributed by atoms with Crippen LogP contribution in [0.5, 0.6) is 0 Å². The molecule has 1 N–H and O–H groups in total. The van der Waals surface area contributed by atoms with Gasteiger partial charge in [0.25, 0.3) is 0 Å². The zero-order valence-electron chi connectivity index (χ0n) is 9.80. The average molecular weight is 282 g/mol. The molecule has 0 bridgehead atoms. The van der Waals surface area contributed by atoms with Crippen molar-refractivity contribution in [3.63, 3.8) is 0 Å². The second-order valence-electron chi connectivity index (χ2n) is 4.09. The first kappa shape index (κ1) is 11.7. The van der Waals surface area contributed by atoms with Crippen LogP contribution in [0, 0.1) is 6.92 Å². The number of nitrogens with one attached hydrogen (secondary N) is 1. The summed E-state index contributed by atoms with van der Waals surface area (Å²) in [5, 5.41) is 4.51. The standard InChI is InChI=1S/C13H16BrNO/c1-4-15-9(3)12-7-10-5-8(2)6-11(14)13(10)16-12/h5-7,9,15H,4H2,1-3H3. The molecule has 1 heterocycles. The number of aryl methyl sites for hydroxylation is 1. The SMILES string of the molecule is CCNC(C)c1cc2cc(C)cc(Br)c2o1. The highest BCUT2D eigenvalue weighted by Crippen LogP contribution is 2.30. The van der Waals surface area contributed by atoms with Crippen molar-refractivity contribution in [2.45, 2.75) is 26.8 Å². The van der Waals surface area contributed by atoms with Crippen molar-refractivity contribution in [1.29, 1.82) is 0 Å². The van der Waals surface area contributed by atoms with Crippen LogP contribution in [-0.4, -0.2) is 6.54 Å². The molecule has 86 valence electrons. The maximum atomic E-state index is 5.86. The lowest BCUT2D eigenvalue weighted by Crippen LogP contribution is -2.16. The minimum Gasteiger partial charge on any atom is -0.458 e. The Kier molecular flexibility index (Phi) is 3.36. The Hall–Kier alpha value is -0.800. The Morgan fingerprint density at radius 3 is 2.81 bits per heavy atom. The Morgan fingerprint density at radius 1 is 1.38 bits per heavy atom. The van der Waals surface area contributed by atoms with Gasteiger partial charge in [-0.15, -0.1) is 0 Å². The molecule has 1 atom stereocenters. The van der Waals surface area contributed by atoms with Gasteiger partial charge in [0.15, 0.2) is 0 Å². The van der Waals surface area contributed by atoms with Gasteiger partial charge in [-0.25, -0.2) is 0 Å². The number of benzene rings is 1. The quantitative estimate of drug-likeness (QED) is 0.913. The van der Waals surface area contributed by atoms with Crippen LogP contribution >= 0.6 is 15.9 Å². The molecular formula is C13H16BrNO. The zero-order chi connectivity index (χ0) is 11.7. The van der Waals surface area contributed by atoms with Crippen LogP contribution in [0.4, 0.5) is 0 Å². The lowest BCUT2D eigenvalue weighted by molar-refractivity contribution is 0.459. The summed E-state index contributed by atoms with van der Waals surface area (Å²) in [7, 11) is 0. The van der Waals surface area contributed by atoms with E-state index in [1.165, 1.54) is 5.56 Å². The molecule has 2 rings (SSSR count). The molecule has 1 aromatic carbocycles. The van der Waals surface area contributed by atoms with E-state index in [-0.39, 0.29) is 6.04 Å². The first-order valence-electron chi connectivity index (χ1n) is 5.54. The van der Waals surface area contributed by atoms with Crippen LogP contribution < -0.4 is 5.32 Å². The Labute approximate surface area is 104 Å². The monoisotopic (exact) mass is 281 g/mol. The topological polar surface area (TPSA) is 25.2 Å². The number of hydrogen-bond acceptors (Lipinski definition) is 2. The minimum absolute atomic E-state index is 0.254. The lowest BCUT2D eigenvalue weighted by Gasteiger charge is -2.07. The van der Waals surface area contributed by atoms with Crippen LogP contribution in [0.1, 0.15) is 31.2 Å². The van der Waals surface area contributed by atoms with E-state index in [0.717, 1.165) is 27.7 Å². The summed E-state index contributed by atoms with van der Waals surface area (Å²) >= 11 is 3.53. The number of rotatable bonds is 3. The van der Waals surface area contributed by atoms with Gasteiger partial charge >= 0.3 is 0 Å². The first-order chi connectivity index (χ1) is 7.61. The van der Waals surface area contributed by atoms with Crippen molar-refractivity contribution in [3.05, 3.63) is 34.0 Å². The fraction of sp³-hybridized carbons (Fsp3) is 0.385. The molecule has 0 fully saturated rings. The lowest BCUT2D eigenvalue weighted by atomic mass is 10.1. The zero-order valence-corrected chi connectivity index (χ0v) is 11.4. The molecule has 0 saturated carbocycles. The minimum atomic E-state index is 0.254. The van der Waals surface area contributed by atoms with Crippen molar-refractivity contribution in [3.8, 4) is 0 Å². The highest BCUT2D eigenvalue weighted by molar-refractivity contribution is 9.10. The van der Waals surface area contributed by atoms with E-state index >= 15 is 0 Å². The smallest absolute Gasteiger partial charge is 0.148 e. The Balaban J connectivity index is 2.47. The van der Waals surface area contributed by atoms with Gasteiger partial charge in [-0.3, -0.25) is 0 Å². The van der Waals surface area contributed by atoms with Gasteiger partial charge in [0.2, 0.25) is 0 Å². The van der Waals surface area contributed by atoms with Crippen molar-refractivity contribution < 1.29 is 4.42 Å². The van der Waals surface area contributed by atoms with E-state index in [2.05, 4.69) is 60.2 Å². The van der Waals surface area contributed by atoms with Gasteiger partial charge in [0, 0.05) is 5.39 Å². The Bertz CT molecular complexity index is 504. The van der Waals surface area contributed by atoms with Crippen molar-refractivity contribution in [1.82, 2.24) is 5.32 Å². The highest BCUT2D eigenvalue weighted by atomic mass is 79.9. The molecule has 3 heteroatoms. The molecule has 0 aliphatic rings. The van der Waals surface area contributed by atoms with Crippen molar-refractivity contribution >= 4 is 26.9 Å². The maximum absolute atomic E-state index is 5.86. The third-order valence-electron chi connectivity index (χ3n) is 2.67. The molecule has 0 aliphatic heterocycles. The van der Waals surface area contributed by atoms with Crippen LogP contribution in [0.3, 0.4) is 0 Å². The molecule has 1 unspecified atom stereocenters. The first-order valence-corrected chi connectivity index (χ1v) is 6.34. The molecule has 2 aromatic rings. The molecule has 16 heavy (non-hydrogen) atoms. The second-order valence-corrected chi connectivity index (χ2v) is 4.95. The van der Waals surface area contributed by atoms with Gasteiger partial charge < -0.3 is 9.73 Å². The molecule has 1 aromatic heterocycles. The summed E-state index contributed by atoms with van der Waals surface area (Å²) in [6.45, 7) is 7.24. The van der Waals surface area contributed by atoms with Crippen LogP contribution in [0.25, 0.3) is 11.0 Å². The van der Waals surface area contributed by atoms with E-state index in [9.17, 15) is 0 Å². The number of hydrogen-bond donors (Lipinski definition) is 1. The Morgan fingerprint density at radius 2 is 2.12 bits per heavy atom. The molecule has 0 saturated heterocycles. The van der Waals surface area contributed by atoms with E-state index in [0.29, 0.717) is 0 Å². The van der Waals surface area contributed by atoms with E-state index in [4.69, 9.17) is 4.42 Å².